The van der Waals surface area contributed by atoms with Crippen LogP contribution in [0.25, 0.3) is 0 Å². The zero-order valence-corrected chi connectivity index (χ0v) is 13.2. The van der Waals surface area contributed by atoms with Crippen LogP contribution in [0.5, 0.6) is 0 Å². The van der Waals surface area contributed by atoms with E-state index in [1.807, 2.05) is 0 Å². The van der Waals surface area contributed by atoms with Gasteiger partial charge in [0.25, 0.3) is 0 Å². The zero-order valence-electron chi connectivity index (χ0n) is 13.2. The van der Waals surface area contributed by atoms with Crippen LogP contribution in [-0.2, 0) is 16.0 Å². The van der Waals surface area contributed by atoms with Crippen molar-refractivity contribution < 1.29 is 19.0 Å². The Morgan fingerprint density at radius 1 is 1.36 bits per heavy atom. The number of hydrogen-bond donors (Lipinski definition) is 1. The second kappa shape index (κ2) is 11.3. The van der Waals surface area contributed by atoms with Gasteiger partial charge in [0.15, 0.2) is 0 Å². The quantitative estimate of drug-likeness (QED) is 0.475. The van der Waals surface area contributed by atoms with E-state index < -0.39 is 6.10 Å². The Bertz CT molecular complexity index is 411. The summed E-state index contributed by atoms with van der Waals surface area (Å²) in [7, 11) is 1.67. The second-order valence-corrected chi connectivity index (χ2v) is 5.19. The number of methoxy groups -OCH3 is 1. The van der Waals surface area contributed by atoms with Crippen LogP contribution in [0.3, 0.4) is 0 Å². The summed E-state index contributed by atoms with van der Waals surface area (Å²) in [4.78, 5) is 2.12. The molecule has 1 N–H and O–H groups in total. The van der Waals surface area contributed by atoms with Gasteiger partial charge in [-0.1, -0.05) is 18.2 Å². The molecule has 0 spiro atoms. The Labute approximate surface area is 132 Å². The molecule has 0 saturated carbocycles. The minimum absolute atomic E-state index is 0.243. The van der Waals surface area contributed by atoms with Crippen LogP contribution in [0, 0.1) is 5.82 Å². The van der Waals surface area contributed by atoms with Crippen LogP contribution >= 0.6 is 0 Å². The summed E-state index contributed by atoms with van der Waals surface area (Å²) in [5.41, 5.74) is 1.01. The van der Waals surface area contributed by atoms with Crippen LogP contribution in [0.2, 0.25) is 0 Å². The van der Waals surface area contributed by atoms with E-state index in [4.69, 9.17) is 9.47 Å². The number of benzene rings is 1. The van der Waals surface area contributed by atoms with E-state index in [9.17, 15) is 9.50 Å². The molecule has 0 unspecified atom stereocenters. The van der Waals surface area contributed by atoms with E-state index in [1.54, 1.807) is 25.3 Å². The minimum Gasteiger partial charge on any atom is -0.389 e. The Hall–Kier alpha value is -1.27. The molecule has 22 heavy (non-hydrogen) atoms. The van der Waals surface area contributed by atoms with Crippen molar-refractivity contribution in [2.45, 2.75) is 19.1 Å². The van der Waals surface area contributed by atoms with Gasteiger partial charge in [0, 0.05) is 33.4 Å². The number of aliphatic hydroxyl groups is 1. The molecule has 124 valence electrons. The molecule has 0 fully saturated rings. The van der Waals surface area contributed by atoms with Crippen LogP contribution in [-0.4, -0.2) is 56.1 Å². The summed E-state index contributed by atoms with van der Waals surface area (Å²) in [5, 5.41) is 10.0. The smallest absolute Gasteiger partial charge is 0.123 e. The molecule has 1 atom stereocenters. The molecule has 4 nitrogen and oxygen atoms in total. The molecule has 1 aromatic rings. The topological polar surface area (TPSA) is 41.9 Å². The van der Waals surface area contributed by atoms with Crippen molar-refractivity contribution in [2.75, 3.05) is 40.0 Å². The lowest BCUT2D eigenvalue weighted by atomic mass is 10.2. The first-order chi connectivity index (χ1) is 10.7. The molecular formula is C17H26FNO3. The van der Waals surface area contributed by atoms with E-state index in [1.165, 1.54) is 12.1 Å². The van der Waals surface area contributed by atoms with E-state index in [0.29, 0.717) is 26.3 Å². The highest BCUT2D eigenvalue weighted by molar-refractivity contribution is 5.15. The summed E-state index contributed by atoms with van der Waals surface area (Å²) in [6.45, 7) is 6.89. The number of halogens is 1. The van der Waals surface area contributed by atoms with Crippen molar-refractivity contribution in [3.63, 3.8) is 0 Å². The van der Waals surface area contributed by atoms with Crippen LogP contribution in [0.1, 0.15) is 12.0 Å². The fourth-order valence-corrected chi connectivity index (χ4v) is 2.15. The fraction of sp³-hybridized carbons (Fsp3) is 0.529. The predicted octanol–water partition coefficient (Wildman–Crippen LogP) is 2.23. The van der Waals surface area contributed by atoms with Crippen molar-refractivity contribution in [2.24, 2.45) is 0 Å². The Kier molecular flexibility index (Phi) is 9.66. The van der Waals surface area contributed by atoms with Crippen LogP contribution < -0.4 is 0 Å². The predicted molar refractivity (Wildman–Crippen MR) is 85.2 cm³/mol. The monoisotopic (exact) mass is 311 g/mol. The largest absolute Gasteiger partial charge is 0.389 e. The third-order valence-corrected chi connectivity index (χ3v) is 3.16. The van der Waals surface area contributed by atoms with Gasteiger partial charge in [0.1, 0.15) is 5.82 Å². The number of hydrogen-bond acceptors (Lipinski definition) is 4. The molecule has 0 radical (unpaired) electrons. The minimum atomic E-state index is -0.567. The Morgan fingerprint density at radius 2 is 2.09 bits per heavy atom. The molecule has 0 aliphatic heterocycles. The molecule has 1 rings (SSSR count). The molecule has 0 aliphatic carbocycles. The third kappa shape index (κ3) is 8.24. The first-order valence-corrected chi connectivity index (χ1v) is 7.48. The summed E-state index contributed by atoms with van der Waals surface area (Å²) in [5.74, 6) is -0.243. The number of nitrogens with zero attached hydrogens (tertiary/aromatic N) is 1. The van der Waals surface area contributed by atoms with E-state index in [0.717, 1.165) is 18.5 Å². The first-order valence-electron chi connectivity index (χ1n) is 7.48. The maximum atomic E-state index is 13.0. The van der Waals surface area contributed by atoms with Crippen molar-refractivity contribution in [3.8, 4) is 0 Å². The van der Waals surface area contributed by atoms with Gasteiger partial charge in [-0.15, -0.1) is 6.58 Å². The Morgan fingerprint density at radius 3 is 2.73 bits per heavy atom. The molecule has 5 heteroatoms. The van der Waals surface area contributed by atoms with Crippen LogP contribution in [0.15, 0.2) is 36.9 Å². The molecule has 1 aromatic carbocycles. The van der Waals surface area contributed by atoms with E-state index in [2.05, 4.69) is 11.5 Å². The average Bonchev–Trinajstić information content (AvgIpc) is 2.50. The van der Waals surface area contributed by atoms with Gasteiger partial charge < -0.3 is 14.6 Å². The number of rotatable bonds is 12. The van der Waals surface area contributed by atoms with Crippen molar-refractivity contribution in [3.05, 3.63) is 48.3 Å². The average molecular weight is 311 g/mol. The lowest BCUT2D eigenvalue weighted by Crippen LogP contribution is -2.35. The summed E-state index contributed by atoms with van der Waals surface area (Å²) in [6, 6.07) is 6.43. The second-order valence-electron chi connectivity index (χ2n) is 5.19. The lowest BCUT2D eigenvalue weighted by molar-refractivity contribution is 0.0229. The Balaban J connectivity index is 2.50. The first kappa shape index (κ1) is 18.8. The molecule has 0 heterocycles. The summed E-state index contributed by atoms with van der Waals surface area (Å²) < 4.78 is 23.3. The van der Waals surface area contributed by atoms with Gasteiger partial charge in [0.05, 0.1) is 19.3 Å². The standard InChI is InChI=1S/C17H26FNO3/c1-3-10-22-14-17(20)13-19(9-4-11-21-2)12-15-5-7-16(18)8-6-15/h3,5-8,17,20H,1,4,9-14H2,2H3/t17-/m1/s1. The maximum absolute atomic E-state index is 13.0. The summed E-state index contributed by atoms with van der Waals surface area (Å²) in [6.07, 6.45) is 1.96. The molecule has 0 amide bonds. The highest BCUT2D eigenvalue weighted by atomic mass is 19.1. The van der Waals surface area contributed by atoms with E-state index >= 15 is 0 Å². The van der Waals surface area contributed by atoms with Crippen molar-refractivity contribution in [1.82, 2.24) is 4.90 Å². The van der Waals surface area contributed by atoms with Crippen LogP contribution in [0.4, 0.5) is 4.39 Å². The van der Waals surface area contributed by atoms with Crippen molar-refractivity contribution in [1.29, 1.82) is 0 Å². The molecule has 0 aliphatic rings. The fourth-order valence-electron chi connectivity index (χ4n) is 2.15. The van der Waals surface area contributed by atoms with Gasteiger partial charge in [-0.05, 0) is 24.1 Å². The van der Waals surface area contributed by atoms with Gasteiger partial charge in [-0.3, -0.25) is 4.90 Å². The number of aliphatic hydroxyl groups excluding tert-OH is 1. The van der Waals surface area contributed by atoms with Gasteiger partial charge >= 0.3 is 0 Å². The summed E-state index contributed by atoms with van der Waals surface area (Å²) >= 11 is 0. The highest BCUT2D eigenvalue weighted by Crippen LogP contribution is 2.08. The lowest BCUT2D eigenvalue weighted by Gasteiger charge is -2.25. The highest BCUT2D eigenvalue weighted by Gasteiger charge is 2.12. The normalized spacial score (nSPS) is 12.5. The molecule has 0 aromatic heterocycles. The van der Waals surface area contributed by atoms with E-state index in [-0.39, 0.29) is 12.4 Å². The van der Waals surface area contributed by atoms with Crippen molar-refractivity contribution >= 4 is 0 Å². The SMILES string of the molecule is C=CCOC[C@H](O)CN(CCCOC)Cc1ccc(F)cc1. The van der Waals surface area contributed by atoms with Gasteiger partial charge in [-0.25, -0.2) is 4.39 Å². The van der Waals surface area contributed by atoms with Gasteiger partial charge in [0.2, 0.25) is 0 Å². The third-order valence-electron chi connectivity index (χ3n) is 3.16. The molecular weight excluding hydrogens is 285 g/mol. The maximum Gasteiger partial charge on any atom is 0.123 e. The zero-order chi connectivity index (χ0) is 16.2. The molecule has 0 saturated heterocycles. The van der Waals surface area contributed by atoms with Gasteiger partial charge in [-0.2, -0.15) is 0 Å². The number of ether oxygens (including phenoxy) is 2. The molecule has 0 bridgehead atoms.